The Kier molecular flexibility index (Phi) is 9.77. The minimum absolute atomic E-state index is 0.323. The van der Waals surface area contributed by atoms with E-state index in [0.29, 0.717) is 29.5 Å². The fraction of sp³-hybridized carbons (Fsp3) is 0.257. The van der Waals surface area contributed by atoms with Crippen molar-refractivity contribution in [1.82, 2.24) is 30.1 Å². The molecule has 1 aliphatic heterocycles. The molecule has 1 atom stereocenters. The van der Waals surface area contributed by atoms with Gasteiger partial charge >= 0.3 is 5.92 Å². The SMILES string of the molecule is OC(Cn1cnnn1)(c1ccc(F)cc1F)C(F)(F)c1ccc(C#Cc2ccc(OCc3ccc(CN4CCOCC4)cc3)cc2)cn1. The van der Waals surface area contributed by atoms with Crippen molar-refractivity contribution in [3.63, 3.8) is 0 Å². The second kappa shape index (κ2) is 14.3. The van der Waals surface area contributed by atoms with E-state index in [4.69, 9.17) is 9.47 Å². The first-order chi connectivity index (χ1) is 23.2. The first-order valence-corrected chi connectivity index (χ1v) is 15.1. The topological polar surface area (TPSA) is 98.4 Å². The minimum atomic E-state index is -4.16. The Balaban J connectivity index is 1.09. The molecule has 246 valence electrons. The number of hydrogen-bond donors (Lipinski definition) is 1. The van der Waals surface area contributed by atoms with Gasteiger partial charge in [-0.15, -0.1) is 5.10 Å². The third-order valence-corrected chi connectivity index (χ3v) is 7.91. The van der Waals surface area contributed by atoms with Crippen LogP contribution in [0.3, 0.4) is 0 Å². The van der Waals surface area contributed by atoms with Crippen LogP contribution in [0.1, 0.15) is 33.5 Å². The van der Waals surface area contributed by atoms with Gasteiger partial charge in [0.1, 0.15) is 36.0 Å². The number of rotatable bonds is 10. The Morgan fingerprint density at radius 2 is 1.58 bits per heavy atom. The number of pyridine rings is 1. The lowest BCUT2D eigenvalue weighted by Gasteiger charge is -2.35. The molecule has 2 aromatic heterocycles. The van der Waals surface area contributed by atoms with Crippen molar-refractivity contribution in [1.29, 1.82) is 0 Å². The maximum absolute atomic E-state index is 16.0. The Bertz CT molecular complexity index is 1870. The van der Waals surface area contributed by atoms with Gasteiger partial charge in [-0.05, 0) is 70.1 Å². The molecule has 9 nitrogen and oxygen atoms in total. The van der Waals surface area contributed by atoms with Gasteiger partial charge in [0.2, 0.25) is 0 Å². The quantitative estimate of drug-likeness (QED) is 0.168. The predicted molar refractivity (Wildman–Crippen MR) is 165 cm³/mol. The van der Waals surface area contributed by atoms with E-state index in [0.717, 1.165) is 73.8 Å². The van der Waals surface area contributed by atoms with Crippen LogP contribution in [0.15, 0.2) is 91.4 Å². The zero-order valence-electron chi connectivity index (χ0n) is 25.6. The molecule has 0 radical (unpaired) electrons. The standard InChI is InChI=1S/C35H30F4N6O3/c36-29-10-13-31(32(37)19-29)34(46,23-45-24-41-42-43-45)35(38,39)33-14-9-26(20-40-33)2-1-25-7-11-30(12-8-25)48-22-28-5-3-27(4-6-28)21-44-15-17-47-18-16-44/h3-14,19-20,24,46H,15-18,21-23H2. The fourth-order valence-electron chi connectivity index (χ4n) is 5.23. The number of alkyl halides is 2. The monoisotopic (exact) mass is 658 g/mol. The highest BCUT2D eigenvalue weighted by Crippen LogP contribution is 2.46. The van der Waals surface area contributed by atoms with Crippen LogP contribution in [0.5, 0.6) is 5.75 Å². The van der Waals surface area contributed by atoms with Crippen molar-refractivity contribution in [3.8, 4) is 17.6 Å². The van der Waals surface area contributed by atoms with Crippen LogP contribution in [0.25, 0.3) is 0 Å². The van der Waals surface area contributed by atoms with E-state index in [9.17, 15) is 13.9 Å². The number of ether oxygens (including phenoxy) is 2. The van der Waals surface area contributed by atoms with Gasteiger partial charge < -0.3 is 14.6 Å². The smallest absolute Gasteiger partial charge is 0.323 e. The molecule has 0 spiro atoms. The van der Waals surface area contributed by atoms with E-state index < -0.39 is 41.0 Å². The zero-order valence-corrected chi connectivity index (χ0v) is 25.6. The number of morpholine rings is 1. The predicted octanol–water partition coefficient (Wildman–Crippen LogP) is 4.84. The summed E-state index contributed by atoms with van der Waals surface area (Å²) in [6.07, 6.45) is 2.11. The lowest BCUT2D eigenvalue weighted by atomic mass is 9.84. The highest BCUT2D eigenvalue weighted by atomic mass is 19.3. The molecule has 3 heterocycles. The number of aromatic nitrogens is 5. The van der Waals surface area contributed by atoms with Crippen molar-refractivity contribution >= 4 is 0 Å². The van der Waals surface area contributed by atoms with E-state index >= 15 is 8.78 Å². The largest absolute Gasteiger partial charge is 0.489 e. The fourth-order valence-corrected chi connectivity index (χ4v) is 5.23. The van der Waals surface area contributed by atoms with E-state index in [1.807, 2.05) is 0 Å². The second-order valence-corrected chi connectivity index (χ2v) is 11.3. The second-order valence-electron chi connectivity index (χ2n) is 11.3. The molecule has 1 fully saturated rings. The van der Waals surface area contributed by atoms with Crippen molar-refractivity contribution in [2.24, 2.45) is 0 Å². The van der Waals surface area contributed by atoms with Gasteiger partial charge in [0.25, 0.3) is 0 Å². The molecule has 1 unspecified atom stereocenters. The number of hydrogen-bond acceptors (Lipinski definition) is 8. The molecule has 1 N–H and O–H groups in total. The van der Waals surface area contributed by atoms with E-state index in [2.05, 4.69) is 61.5 Å². The summed E-state index contributed by atoms with van der Waals surface area (Å²) in [6.45, 7) is 3.77. The highest BCUT2D eigenvalue weighted by molar-refractivity contribution is 5.44. The average Bonchev–Trinajstić information content (AvgIpc) is 3.61. The maximum Gasteiger partial charge on any atom is 0.323 e. The van der Waals surface area contributed by atoms with Crippen LogP contribution in [0, 0.1) is 23.5 Å². The van der Waals surface area contributed by atoms with Gasteiger partial charge in [0, 0.05) is 48.6 Å². The summed E-state index contributed by atoms with van der Waals surface area (Å²) in [6, 6.07) is 19.7. The molecule has 6 rings (SSSR count). The van der Waals surface area contributed by atoms with Crippen LogP contribution in [-0.2, 0) is 36.0 Å². The average molecular weight is 659 g/mol. The van der Waals surface area contributed by atoms with E-state index in [-0.39, 0.29) is 0 Å². The van der Waals surface area contributed by atoms with Crippen LogP contribution in [-0.4, -0.2) is 61.5 Å². The summed E-state index contributed by atoms with van der Waals surface area (Å²) < 4.78 is 72.3. The summed E-state index contributed by atoms with van der Waals surface area (Å²) in [5.41, 5.74) is -1.67. The van der Waals surface area contributed by atoms with Gasteiger partial charge in [-0.2, -0.15) is 8.78 Å². The number of benzene rings is 3. The Morgan fingerprint density at radius 3 is 2.25 bits per heavy atom. The summed E-state index contributed by atoms with van der Waals surface area (Å²) in [5, 5.41) is 21.6. The molecule has 0 saturated carbocycles. The Morgan fingerprint density at radius 1 is 0.875 bits per heavy atom. The van der Waals surface area contributed by atoms with Crippen LogP contribution in [0.2, 0.25) is 0 Å². The lowest BCUT2D eigenvalue weighted by molar-refractivity contribution is -0.207. The Hall–Kier alpha value is -5.16. The third-order valence-electron chi connectivity index (χ3n) is 7.91. The molecule has 0 bridgehead atoms. The summed E-state index contributed by atoms with van der Waals surface area (Å²) in [5.74, 6) is -0.0291. The lowest BCUT2D eigenvalue weighted by Crippen LogP contribution is -2.48. The van der Waals surface area contributed by atoms with Crippen molar-refractivity contribution in [2.75, 3.05) is 26.3 Å². The molecular formula is C35H30F4N6O3. The van der Waals surface area contributed by atoms with E-state index in [1.54, 1.807) is 24.3 Å². The molecule has 13 heteroatoms. The van der Waals surface area contributed by atoms with Gasteiger partial charge in [-0.1, -0.05) is 36.1 Å². The molecular weight excluding hydrogens is 628 g/mol. The molecule has 0 aliphatic carbocycles. The van der Waals surface area contributed by atoms with Crippen LogP contribution >= 0.6 is 0 Å². The van der Waals surface area contributed by atoms with Crippen molar-refractivity contribution in [2.45, 2.75) is 31.2 Å². The van der Waals surface area contributed by atoms with Gasteiger partial charge in [-0.3, -0.25) is 9.88 Å². The van der Waals surface area contributed by atoms with Crippen LogP contribution in [0.4, 0.5) is 17.6 Å². The first kappa shape index (κ1) is 32.8. The molecule has 3 aromatic carbocycles. The van der Waals surface area contributed by atoms with Crippen LogP contribution < -0.4 is 4.74 Å². The molecule has 1 saturated heterocycles. The molecule has 5 aromatic rings. The van der Waals surface area contributed by atoms with Gasteiger partial charge in [0.15, 0.2) is 5.60 Å². The zero-order chi connectivity index (χ0) is 33.6. The summed E-state index contributed by atoms with van der Waals surface area (Å²) in [7, 11) is 0. The highest BCUT2D eigenvalue weighted by Gasteiger charge is 2.58. The summed E-state index contributed by atoms with van der Waals surface area (Å²) >= 11 is 0. The van der Waals surface area contributed by atoms with Crippen molar-refractivity contribution < 1.29 is 32.1 Å². The number of tetrazole rings is 1. The molecule has 48 heavy (non-hydrogen) atoms. The number of aliphatic hydroxyl groups is 1. The molecule has 0 amide bonds. The molecule has 1 aliphatic rings. The minimum Gasteiger partial charge on any atom is -0.489 e. The first-order valence-electron chi connectivity index (χ1n) is 15.1. The summed E-state index contributed by atoms with van der Waals surface area (Å²) in [4.78, 5) is 6.20. The van der Waals surface area contributed by atoms with E-state index in [1.165, 1.54) is 11.6 Å². The normalized spacial score (nSPS) is 14.9. The van der Waals surface area contributed by atoms with Gasteiger partial charge in [0.05, 0.1) is 19.8 Å². The Labute approximate surface area is 273 Å². The third kappa shape index (κ3) is 7.52. The number of nitrogens with zero attached hydrogens (tertiary/aromatic N) is 6. The van der Waals surface area contributed by atoms with Gasteiger partial charge in [-0.25, -0.2) is 13.5 Å². The number of halogens is 4. The maximum atomic E-state index is 16.0. The van der Waals surface area contributed by atoms with Crippen molar-refractivity contribution in [3.05, 3.63) is 137 Å².